The minimum Gasteiger partial charge on any atom is -0.268 e. The summed E-state index contributed by atoms with van der Waals surface area (Å²) in [5.41, 5.74) is 0.994. The molecule has 0 unspecified atom stereocenters. The minimum atomic E-state index is 0.638. The van der Waals surface area contributed by atoms with Gasteiger partial charge in [0.15, 0.2) is 0 Å². The van der Waals surface area contributed by atoms with E-state index in [1.807, 2.05) is 12.1 Å². The van der Waals surface area contributed by atoms with Gasteiger partial charge in [-0.15, -0.1) is 0 Å². The van der Waals surface area contributed by atoms with Crippen molar-refractivity contribution in [1.29, 1.82) is 0 Å². The molecule has 0 aliphatic carbocycles. The molecule has 14 heavy (non-hydrogen) atoms. The fraction of sp³-hybridized carbons (Fsp3) is 0.100. The van der Waals surface area contributed by atoms with Gasteiger partial charge in [0.25, 0.3) is 0 Å². The highest BCUT2D eigenvalue weighted by atomic mass is 35.5. The maximum atomic E-state index is 6.01. The zero-order chi connectivity index (χ0) is 9.97. The Morgan fingerprint density at radius 2 is 2.21 bits per heavy atom. The third kappa shape index (κ3) is 2.08. The summed E-state index contributed by atoms with van der Waals surface area (Å²) in [5, 5.41) is 5.35. The summed E-state index contributed by atoms with van der Waals surface area (Å²) in [4.78, 5) is 0. The summed E-state index contributed by atoms with van der Waals surface area (Å²) in [6.07, 6.45) is 3.38. The van der Waals surface area contributed by atoms with Crippen LogP contribution in [0.3, 0.4) is 0 Å². The van der Waals surface area contributed by atoms with Crippen LogP contribution in [0.25, 0.3) is 0 Å². The van der Waals surface area contributed by atoms with Crippen molar-refractivity contribution < 1.29 is 0 Å². The average Bonchev–Trinajstić information content (AvgIpc) is 2.62. The third-order valence-electron chi connectivity index (χ3n) is 1.85. The SMILES string of the molecule is Clc1ccc(Cn2c[c]cn2)c(Cl)c1. The topological polar surface area (TPSA) is 17.8 Å². The van der Waals surface area contributed by atoms with Crippen LogP contribution in [0.5, 0.6) is 0 Å². The lowest BCUT2D eigenvalue weighted by atomic mass is 10.2. The van der Waals surface area contributed by atoms with Crippen LogP contribution in [0, 0.1) is 6.07 Å². The molecule has 2 rings (SSSR count). The zero-order valence-electron chi connectivity index (χ0n) is 7.24. The Kier molecular flexibility index (Phi) is 2.75. The molecule has 1 aromatic carbocycles. The van der Waals surface area contributed by atoms with E-state index in [4.69, 9.17) is 23.2 Å². The van der Waals surface area contributed by atoms with E-state index in [-0.39, 0.29) is 0 Å². The maximum Gasteiger partial charge on any atom is 0.0674 e. The molecule has 0 fully saturated rings. The monoisotopic (exact) mass is 225 g/mol. The lowest BCUT2D eigenvalue weighted by Crippen LogP contribution is -2.00. The molecule has 1 radical (unpaired) electrons. The highest BCUT2D eigenvalue weighted by Crippen LogP contribution is 2.21. The van der Waals surface area contributed by atoms with Crippen molar-refractivity contribution in [3.8, 4) is 0 Å². The van der Waals surface area contributed by atoms with Crippen LogP contribution < -0.4 is 0 Å². The molecule has 0 aliphatic heterocycles. The van der Waals surface area contributed by atoms with Gasteiger partial charge in [0.05, 0.1) is 12.7 Å². The van der Waals surface area contributed by atoms with E-state index in [9.17, 15) is 0 Å². The van der Waals surface area contributed by atoms with Crippen molar-refractivity contribution in [2.45, 2.75) is 6.54 Å². The summed E-state index contributed by atoms with van der Waals surface area (Å²) in [5.74, 6) is 0. The molecule has 0 N–H and O–H groups in total. The summed E-state index contributed by atoms with van der Waals surface area (Å²) in [6.45, 7) is 0.638. The Bertz CT molecular complexity index is 424. The molecule has 0 bridgehead atoms. The largest absolute Gasteiger partial charge is 0.268 e. The van der Waals surface area contributed by atoms with Crippen LogP contribution in [0.1, 0.15) is 5.56 Å². The van der Waals surface area contributed by atoms with Crippen molar-refractivity contribution in [3.05, 3.63) is 52.3 Å². The summed E-state index contributed by atoms with van der Waals surface area (Å²) < 4.78 is 1.76. The molecule has 4 heteroatoms. The van der Waals surface area contributed by atoms with Crippen LogP contribution in [-0.4, -0.2) is 9.78 Å². The van der Waals surface area contributed by atoms with Crippen molar-refractivity contribution in [2.24, 2.45) is 0 Å². The van der Waals surface area contributed by atoms with Crippen molar-refractivity contribution in [2.75, 3.05) is 0 Å². The van der Waals surface area contributed by atoms with Crippen LogP contribution in [0.4, 0.5) is 0 Å². The van der Waals surface area contributed by atoms with E-state index in [1.54, 1.807) is 23.1 Å². The van der Waals surface area contributed by atoms with Crippen molar-refractivity contribution in [3.63, 3.8) is 0 Å². The number of benzene rings is 1. The molecule has 1 aromatic heterocycles. The number of hydrogen-bond acceptors (Lipinski definition) is 1. The van der Waals surface area contributed by atoms with Crippen LogP contribution >= 0.6 is 23.2 Å². The van der Waals surface area contributed by atoms with Gasteiger partial charge in [-0.2, -0.15) is 5.10 Å². The Hall–Kier alpha value is -0.990. The number of rotatable bonds is 2. The average molecular weight is 226 g/mol. The van der Waals surface area contributed by atoms with Gasteiger partial charge < -0.3 is 0 Å². The van der Waals surface area contributed by atoms with Gasteiger partial charge in [0.2, 0.25) is 0 Å². The summed E-state index contributed by atoms with van der Waals surface area (Å²) in [6, 6.07) is 8.30. The quantitative estimate of drug-likeness (QED) is 0.769. The minimum absolute atomic E-state index is 0.638. The number of hydrogen-bond donors (Lipinski definition) is 0. The molecular formula is C10H7Cl2N2. The molecule has 1 heterocycles. The van der Waals surface area contributed by atoms with Crippen LogP contribution in [0.2, 0.25) is 10.0 Å². The predicted molar refractivity (Wildman–Crippen MR) is 56.6 cm³/mol. The maximum absolute atomic E-state index is 6.01. The first-order valence-corrected chi connectivity index (χ1v) is 4.84. The van der Waals surface area contributed by atoms with Gasteiger partial charge in [0.1, 0.15) is 0 Å². The van der Waals surface area contributed by atoms with Crippen LogP contribution in [-0.2, 0) is 6.54 Å². The Labute approximate surface area is 92.1 Å². The zero-order valence-corrected chi connectivity index (χ0v) is 8.76. The second kappa shape index (κ2) is 4.03. The highest BCUT2D eigenvalue weighted by molar-refractivity contribution is 6.35. The molecule has 0 atom stereocenters. The predicted octanol–water partition coefficient (Wildman–Crippen LogP) is 3.04. The molecule has 0 amide bonds. The lowest BCUT2D eigenvalue weighted by molar-refractivity contribution is 0.687. The normalized spacial score (nSPS) is 10.4. The standard InChI is InChI=1S/C10H7Cl2N2/c11-9-3-2-8(10(12)6-9)7-14-5-1-4-13-14/h2-6H,7H2. The van der Waals surface area contributed by atoms with Crippen LogP contribution in [0.15, 0.2) is 30.6 Å². The van der Waals surface area contributed by atoms with Gasteiger partial charge in [-0.3, -0.25) is 4.68 Å². The summed E-state index contributed by atoms with van der Waals surface area (Å²) in [7, 11) is 0. The fourth-order valence-corrected chi connectivity index (χ4v) is 1.64. The Balaban J connectivity index is 2.25. The van der Waals surface area contributed by atoms with Gasteiger partial charge in [-0.05, 0) is 17.7 Å². The second-order valence-corrected chi connectivity index (χ2v) is 3.72. The first-order valence-electron chi connectivity index (χ1n) is 4.08. The highest BCUT2D eigenvalue weighted by Gasteiger charge is 2.01. The molecule has 2 nitrogen and oxygen atoms in total. The molecular weight excluding hydrogens is 219 g/mol. The van der Waals surface area contributed by atoms with E-state index in [1.165, 1.54) is 0 Å². The van der Waals surface area contributed by atoms with Crippen molar-refractivity contribution >= 4 is 23.2 Å². The van der Waals surface area contributed by atoms with Gasteiger partial charge in [0, 0.05) is 22.3 Å². The van der Waals surface area contributed by atoms with Gasteiger partial charge in [-0.25, -0.2) is 0 Å². The second-order valence-electron chi connectivity index (χ2n) is 2.87. The summed E-state index contributed by atoms with van der Waals surface area (Å²) >= 11 is 11.8. The van der Waals surface area contributed by atoms with E-state index < -0.39 is 0 Å². The Morgan fingerprint density at radius 1 is 1.36 bits per heavy atom. The van der Waals surface area contributed by atoms with Crippen molar-refractivity contribution in [1.82, 2.24) is 9.78 Å². The van der Waals surface area contributed by atoms with E-state index in [0.29, 0.717) is 16.6 Å². The first-order chi connectivity index (χ1) is 6.75. The number of halogens is 2. The molecule has 71 valence electrons. The number of aromatic nitrogens is 2. The van der Waals surface area contributed by atoms with Gasteiger partial charge >= 0.3 is 0 Å². The molecule has 0 saturated carbocycles. The number of nitrogens with zero attached hydrogens (tertiary/aromatic N) is 2. The molecule has 0 aliphatic rings. The smallest absolute Gasteiger partial charge is 0.0674 e. The molecule has 0 saturated heterocycles. The molecule has 2 aromatic rings. The Morgan fingerprint density at radius 3 is 2.86 bits per heavy atom. The van der Waals surface area contributed by atoms with Gasteiger partial charge in [-0.1, -0.05) is 29.3 Å². The first kappa shape index (κ1) is 9.56. The third-order valence-corrected chi connectivity index (χ3v) is 2.44. The van der Waals surface area contributed by atoms with E-state index in [2.05, 4.69) is 11.2 Å². The molecule has 0 spiro atoms. The van der Waals surface area contributed by atoms with E-state index in [0.717, 1.165) is 5.56 Å². The fourth-order valence-electron chi connectivity index (χ4n) is 1.17. The lowest BCUT2D eigenvalue weighted by Gasteiger charge is -2.04. The van der Waals surface area contributed by atoms with E-state index >= 15 is 0 Å².